The van der Waals surface area contributed by atoms with Gasteiger partial charge in [-0.25, -0.2) is 13.1 Å². The third kappa shape index (κ3) is 3.80. The van der Waals surface area contributed by atoms with E-state index in [1.54, 1.807) is 12.1 Å². The molecular weight excluding hydrogens is 346 g/mol. The smallest absolute Gasteiger partial charge is 0.229 e. The van der Waals surface area contributed by atoms with Crippen LogP contribution in [0, 0.1) is 20.8 Å². The van der Waals surface area contributed by atoms with Gasteiger partial charge in [0.25, 0.3) is 0 Å². The minimum absolute atomic E-state index is 0.544. The molecular formula is C20H22N3O2S. The zero-order chi connectivity index (χ0) is 18.9. The van der Waals surface area contributed by atoms with Gasteiger partial charge in [-0.1, -0.05) is 24.3 Å². The van der Waals surface area contributed by atoms with Crippen LogP contribution in [0.3, 0.4) is 0 Å². The summed E-state index contributed by atoms with van der Waals surface area (Å²) >= 11 is 0. The Hall–Kier alpha value is -2.60. The molecule has 6 heteroatoms. The standard InChI is InChI=1S/C20H22N3O2S/c1-5-16-6-12-19(13-7-16)23-15(3)20(14(2)21-23)17-8-10-18(11-9-17)22-26(4,24)25/h6-13,22H,1,5H2,2-4H3. The summed E-state index contributed by atoms with van der Waals surface area (Å²) in [6, 6.07) is 15.5. The van der Waals surface area contributed by atoms with Gasteiger partial charge in [-0.3, -0.25) is 4.72 Å². The van der Waals surface area contributed by atoms with E-state index in [0.717, 1.165) is 40.9 Å². The molecule has 1 heterocycles. The third-order valence-electron chi connectivity index (χ3n) is 4.24. The molecule has 26 heavy (non-hydrogen) atoms. The Morgan fingerprint density at radius 1 is 1.04 bits per heavy atom. The van der Waals surface area contributed by atoms with Gasteiger partial charge in [-0.2, -0.15) is 5.10 Å². The van der Waals surface area contributed by atoms with Crippen molar-refractivity contribution in [3.05, 3.63) is 72.4 Å². The summed E-state index contributed by atoms with van der Waals surface area (Å²) in [6.45, 7) is 7.91. The SMILES string of the molecule is [CH2]Cc1ccc(-n2nc(C)c(-c3ccc(NS(C)(=O)=O)cc3)c2C)cc1. The molecule has 5 nitrogen and oxygen atoms in total. The zero-order valence-electron chi connectivity index (χ0n) is 15.2. The van der Waals surface area contributed by atoms with Crippen LogP contribution in [0.2, 0.25) is 0 Å². The predicted octanol–water partition coefficient (Wildman–Crippen LogP) is 3.90. The van der Waals surface area contributed by atoms with Crippen LogP contribution in [0.5, 0.6) is 0 Å². The summed E-state index contributed by atoms with van der Waals surface area (Å²) < 4.78 is 27.1. The van der Waals surface area contributed by atoms with E-state index in [1.165, 1.54) is 5.56 Å². The Kier molecular flexibility index (Phi) is 4.87. The number of benzene rings is 2. The van der Waals surface area contributed by atoms with E-state index in [-0.39, 0.29) is 0 Å². The fourth-order valence-electron chi connectivity index (χ4n) is 3.03. The topological polar surface area (TPSA) is 64.0 Å². The van der Waals surface area contributed by atoms with Crippen LogP contribution >= 0.6 is 0 Å². The van der Waals surface area contributed by atoms with E-state index >= 15 is 0 Å². The van der Waals surface area contributed by atoms with E-state index in [4.69, 9.17) is 0 Å². The van der Waals surface area contributed by atoms with Gasteiger partial charge in [0.2, 0.25) is 10.0 Å². The summed E-state index contributed by atoms with van der Waals surface area (Å²) in [5.41, 5.74) is 6.75. The Labute approximate surface area is 154 Å². The van der Waals surface area contributed by atoms with Crippen LogP contribution in [0.4, 0.5) is 5.69 Å². The van der Waals surface area contributed by atoms with Crippen LogP contribution in [0.15, 0.2) is 48.5 Å². The molecule has 0 saturated carbocycles. The maximum Gasteiger partial charge on any atom is 0.229 e. The first-order valence-electron chi connectivity index (χ1n) is 8.31. The van der Waals surface area contributed by atoms with E-state index in [9.17, 15) is 8.42 Å². The van der Waals surface area contributed by atoms with Gasteiger partial charge in [0.05, 0.1) is 17.6 Å². The van der Waals surface area contributed by atoms with E-state index in [0.29, 0.717) is 5.69 Å². The highest BCUT2D eigenvalue weighted by Gasteiger charge is 2.15. The molecule has 1 N–H and O–H groups in total. The van der Waals surface area contributed by atoms with Crippen LogP contribution in [-0.4, -0.2) is 24.5 Å². The van der Waals surface area contributed by atoms with E-state index < -0.39 is 10.0 Å². The summed E-state index contributed by atoms with van der Waals surface area (Å²) in [5, 5.41) is 4.68. The Balaban J connectivity index is 1.97. The Morgan fingerprint density at radius 2 is 1.65 bits per heavy atom. The van der Waals surface area contributed by atoms with Crippen molar-refractivity contribution in [2.45, 2.75) is 20.3 Å². The minimum atomic E-state index is -3.28. The summed E-state index contributed by atoms with van der Waals surface area (Å²) in [7, 11) is -3.28. The molecule has 0 saturated heterocycles. The number of nitrogens with one attached hydrogen (secondary N) is 1. The van der Waals surface area contributed by atoms with Crippen LogP contribution in [0.25, 0.3) is 16.8 Å². The lowest BCUT2D eigenvalue weighted by Crippen LogP contribution is -2.09. The quantitative estimate of drug-likeness (QED) is 0.743. The van der Waals surface area contributed by atoms with Gasteiger partial charge in [0.1, 0.15) is 0 Å². The summed E-state index contributed by atoms with van der Waals surface area (Å²) in [4.78, 5) is 0. The Bertz CT molecular complexity index is 1020. The lowest BCUT2D eigenvalue weighted by molar-refractivity contribution is 0.607. The number of hydrogen-bond acceptors (Lipinski definition) is 3. The van der Waals surface area contributed by atoms with E-state index in [1.807, 2.05) is 42.8 Å². The first-order chi connectivity index (χ1) is 12.3. The third-order valence-corrected chi connectivity index (χ3v) is 4.84. The largest absolute Gasteiger partial charge is 0.284 e. The fourth-order valence-corrected chi connectivity index (χ4v) is 3.60. The average Bonchev–Trinajstić information content (AvgIpc) is 2.89. The summed E-state index contributed by atoms with van der Waals surface area (Å²) in [6.07, 6.45) is 1.90. The maximum absolute atomic E-state index is 11.3. The van der Waals surface area contributed by atoms with Gasteiger partial charge >= 0.3 is 0 Å². The molecule has 1 radical (unpaired) electrons. The minimum Gasteiger partial charge on any atom is -0.284 e. The first-order valence-corrected chi connectivity index (χ1v) is 10.2. The molecule has 3 aromatic rings. The van der Waals surface area contributed by atoms with Crippen molar-refractivity contribution in [1.82, 2.24) is 9.78 Å². The van der Waals surface area contributed by atoms with Crippen LogP contribution in [0.1, 0.15) is 17.0 Å². The highest BCUT2D eigenvalue weighted by molar-refractivity contribution is 7.92. The molecule has 2 aromatic carbocycles. The number of aryl methyl sites for hydroxylation is 1. The van der Waals surface area contributed by atoms with Crippen molar-refractivity contribution in [2.75, 3.05) is 11.0 Å². The van der Waals surface area contributed by atoms with Gasteiger partial charge < -0.3 is 0 Å². The van der Waals surface area contributed by atoms with Gasteiger partial charge in [-0.15, -0.1) is 0 Å². The number of hydrogen-bond donors (Lipinski definition) is 1. The van der Waals surface area contributed by atoms with Crippen molar-refractivity contribution in [3.63, 3.8) is 0 Å². The number of rotatable bonds is 5. The van der Waals surface area contributed by atoms with Crippen molar-refractivity contribution in [1.29, 1.82) is 0 Å². The second-order valence-electron chi connectivity index (χ2n) is 6.33. The second kappa shape index (κ2) is 6.96. The average molecular weight is 368 g/mol. The van der Waals surface area contributed by atoms with Crippen molar-refractivity contribution in [2.24, 2.45) is 0 Å². The molecule has 0 fully saturated rings. The lowest BCUT2D eigenvalue weighted by Gasteiger charge is -2.08. The number of aromatic nitrogens is 2. The highest BCUT2D eigenvalue weighted by Crippen LogP contribution is 2.29. The molecule has 135 valence electrons. The zero-order valence-corrected chi connectivity index (χ0v) is 16.0. The van der Waals surface area contributed by atoms with Crippen molar-refractivity contribution < 1.29 is 8.42 Å². The fraction of sp³-hybridized carbons (Fsp3) is 0.200. The highest BCUT2D eigenvalue weighted by atomic mass is 32.2. The molecule has 0 aliphatic rings. The molecule has 0 aliphatic heterocycles. The number of nitrogens with zero attached hydrogens (tertiary/aromatic N) is 2. The normalized spacial score (nSPS) is 11.5. The van der Waals surface area contributed by atoms with E-state index in [2.05, 4.69) is 28.9 Å². The second-order valence-corrected chi connectivity index (χ2v) is 8.07. The molecule has 3 rings (SSSR count). The van der Waals surface area contributed by atoms with Gasteiger partial charge in [0, 0.05) is 16.9 Å². The molecule has 0 unspecified atom stereocenters. The van der Waals surface area contributed by atoms with Gasteiger partial charge in [0.15, 0.2) is 0 Å². The maximum atomic E-state index is 11.3. The molecule has 0 atom stereocenters. The molecule has 0 spiro atoms. The molecule has 0 aliphatic carbocycles. The summed E-state index contributed by atoms with van der Waals surface area (Å²) in [5.74, 6) is 0. The van der Waals surface area contributed by atoms with Crippen LogP contribution in [-0.2, 0) is 16.4 Å². The molecule has 0 bridgehead atoms. The van der Waals surface area contributed by atoms with Gasteiger partial charge in [-0.05, 0) is 62.6 Å². The molecule has 1 aromatic heterocycles. The van der Waals surface area contributed by atoms with Crippen molar-refractivity contribution in [3.8, 4) is 16.8 Å². The van der Waals surface area contributed by atoms with Crippen molar-refractivity contribution >= 4 is 15.7 Å². The van der Waals surface area contributed by atoms with Crippen LogP contribution < -0.4 is 4.72 Å². The first kappa shape index (κ1) is 18.2. The Morgan fingerprint density at radius 3 is 2.19 bits per heavy atom. The molecule has 0 amide bonds. The predicted molar refractivity (Wildman–Crippen MR) is 106 cm³/mol. The lowest BCUT2D eigenvalue weighted by atomic mass is 10.0. The number of sulfonamides is 1. The monoisotopic (exact) mass is 368 g/mol. The number of anilines is 1.